The Morgan fingerprint density at radius 2 is 2.00 bits per heavy atom. The van der Waals surface area contributed by atoms with Crippen LogP contribution in [0.3, 0.4) is 0 Å². The lowest BCUT2D eigenvalue weighted by Crippen LogP contribution is -2.36. The van der Waals surface area contributed by atoms with Gasteiger partial charge in [-0.25, -0.2) is 4.68 Å². The van der Waals surface area contributed by atoms with Crippen LogP contribution in [0.5, 0.6) is 0 Å². The molecule has 0 aliphatic carbocycles. The minimum Gasteiger partial charge on any atom is -0.319 e. The minimum atomic E-state index is -0.466. The zero-order chi connectivity index (χ0) is 16.6. The predicted molar refractivity (Wildman–Crippen MR) is 90.0 cm³/mol. The molecule has 0 bridgehead atoms. The number of carbonyl (C=O) groups excluding carboxylic acids is 1. The van der Waals surface area contributed by atoms with E-state index in [1.807, 2.05) is 51.2 Å². The average molecular weight is 314 g/mol. The Morgan fingerprint density at radius 1 is 1.30 bits per heavy atom. The van der Waals surface area contributed by atoms with Gasteiger partial charge in [-0.1, -0.05) is 18.2 Å². The van der Waals surface area contributed by atoms with E-state index in [4.69, 9.17) is 0 Å². The SMILES string of the molecule is Cc1c(NC(=O)C2(C)CCNC2)c(=O)n(-c2ccccc2)n1C. The first kappa shape index (κ1) is 15.6. The molecule has 6 nitrogen and oxygen atoms in total. The van der Waals surface area contributed by atoms with Crippen molar-refractivity contribution in [2.24, 2.45) is 12.5 Å². The Bertz CT molecular complexity index is 783. The fourth-order valence-corrected chi connectivity index (χ4v) is 2.99. The fourth-order valence-electron chi connectivity index (χ4n) is 2.99. The van der Waals surface area contributed by atoms with Crippen LogP contribution < -0.4 is 16.2 Å². The summed E-state index contributed by atoms with van der Waals surface area (Å²) in [6.07, 6.45) is 0.775. The summed E-state index contributed by atoms with van der Waals surface area (Å²) in [4.78, 5) is 25.4. The maximum atomic E-state index is 12.8. The maximum Gasteiger partial charge on any atom is 0.295 e. The van der Waals surface area contributed by atoms with Gasteiger partial charge in [-0.15, -0.1) is 0 Å². The van der Waals surface area contributed by atoms with Crippen LogP contribution in [0.1, 0.15) is 19.0 Å². The molecule has 1 atom stereocenters. The molecule has 1 amide bonds. The minimum absolute atomic E-state index is 0.103. The summed E-state index contributed by atoms with van der Waals surface area (Å²) in [7, 11) is 1.82. The van der Waals surface area contributed by atoms with Gasteiger partial charge in [0, 0.05) is 13.6 Å². The number of carbonyl (C=O) groups is 1. The molecule has 23 heavy (non-hydrogen) atoms. The summed E-state index contributed by atoms with van der Waals surface area (Å²) < 4.78 is 3.34. The molecule has 0 saturated carbocycles. The van der Waals surface area contributed by atoms with Crippen LogP contribution in [0.25, 0.3) is 5.69 Å². The van der Waals surface area contributed by atoms with Crippen molar-refractivity contribution in [2.45, 2.75) is 20.3 Å². The Kier molecular flexibility index (Phi) is 3.85. The van der Waals surface area contributed by atoms with E-state index < -0.39 is 5.41 Å². The molecule has 2 aromatic rings. The van der Waals surface area contributed by atoms with Crippen molar-refractivity contribution in [2.75, 3.05) is 18.4 Å². The third-order valence-electron chi connectivity index (χ3n) is 4.71. The third-order valence-corrected chi connectivity index (χ3v) is 4.71. The second kappa shape index (κ2) is 5.70. The van der Waals surface area contributed by atoms with Crippen LogP contribution in [0, 0.1) is 12.3 Å². The molecule has 2 heterocycles. The van der Waals surface area contributed by atoms with Crippen molar-refractivity contribution in [3.05, 3.63) is 46.4 Å². The zero-order valence-corrected chi connectivity index (χ0v) is 13.7. The van der Waals surface area contributed by atoms with E-state index in [9.17, 15) is 9.59 Å². The number of aromatic nitrogens is 2. The van der Waals surface area contributed by atoms with E-state index in [0.29, 0.717) is 12.2 Å². The first-order valence-corrected chi connectivity index (χ1v) is 7.80. The first-order valence-electron chi connectivity index (χ1n) is 7.80. The highest BCUT2D eigenvalue weighted by molar-refractivity contribution is 5.95. The number of nitrogens with zero attached hydrogens (tertiary/aromatic N) is 2. The smallest absolute Gasteiger partial charge is 0.295 e. The Morgan fingerprint density at radius 3 is 2.61 bits per heavy atom. The Labute approximate surface area is 135 Å². The molecule has 0 spiro atoms. The van der Waals surface area contributed by atoms with Crippen LogP contribution in [0.4, 0.5) is 5.69 Å². The van der Waals surface area contributed by atoms with Gasteiger partial charge in [-0.2, -0.15) is 0 Å². The van der Waals surface area contributed by atoms with Crippen molar-refractivity contribution >= 4 is 11.6 Å². The van der Waals surface area contributed by atoms with Gasteiger partial charge in [-0.05, 0) is 38.9 Å². The van der Waals surface area contributed by atoms with E-state index in [2.05, 4.69) is 10.6 Å². The van der Waals surface area contributed by atoms with Crippen LogP contribution in [-0.2, 0) is 11.8 Å². The molecule has 6 heteroatoms. The van der Waals surface area contributed by atoms with E-state index in [-0.39, 0.29) is 11.5 Å². The van der Waals surface area contributed by atoms with Gasteiger partial charge in [0.25, 0.3) is 5.56 Å². The van der Waals surface area contributed by atoms with E-state index in [0.717, 1.165) is 24.3 Å². The molecule has 1 aromatic carbocycles. The number of benzene rings is 1. The topological polar surface area (TPSA) is 68.1 Å². The second-order valence-electron chi connectivity index (χ2n) is 6.38. The summed E-state index contributed by atoms with van der Waals surface area (Å²) in [5.41, 5.74) is 1.19. The number of anilines is 1. The fraction of sp³-hybridized carbons (Fsp3) is 0.412. The van der Waals surface area contributed by atoms with Gasteiger partial charge >= 0.3 is 0 Å². The van der Waals surface area contributed by atoms with E-state index in [1.165, 1.54) is 0 Å². The van der Waals surface area contributed by atoms with Gasteiger partial charge < -0.3 is 10.6 Å². The largest absolute Gasteiger partial charge is 0.319 e. The maximum absolute atomic E-state index is 12.8. The number of nitrogens with one attached hydrogen (secondary N) is 2. The highest BCUT2D eigenvalue weighted by Crippen LogP contribution is 2.26. The van der Waals surface area contributed by atoms with Crippen LogP contribution >= 0.6 is 0 Å². The van der Waals surface area contributed by atoms with Crippen LogP contribution in [0.2, 0.25) is 0 Å². The zero-order valence-electron chi connectivity index (χ0n) is 13.7. The molecule has 3 rings (SSSR count). The van der Waals surface area contributed by atoms with Crippen molar-refractivity contribution in [1.29, 1.82) is 0 Å². The molecule has 1 aliphatic heterocycles. The summed E-state index contributed by atoms with van der Waals surface area (Å²) in [5.74, 6) is -0.103. The summed E-state index contributed by atoms with van der Waals surface area (Å²) in [6.45, 7) is 5.23. The second-order valence-corrected chi connectivity index (χ2v) is 6.38. The lowest BCUT2D eigenvalue weighted by atomic mass is 9.89. The van der Waals surface area contributed by atoms with Gasteiger partial charge in [0.15, 0.2) is 0 Å². The lowest BCUT2D eigenvalue weighted by Gasteiger charge is -2.20. The number of rotatable bonds is 3. The Balaban J connectivity index is 1.98. The number of hydrogen-bond acceptors (Lipinski definition) is 3. The molecule has 1 saturated heterocycles. The highest BCUT2D eigenvalue weighted by atomic mass is 16.2. The number of hydrogen-bond donors (Lipinski definition) is 2. The van der Waals surface area contributed by atoms with Gasteiger partial charge in [0.1, 0.15) is 5.69 Å². The lowest BCUT2D eigenvalue weighted by molar-refractivity contribution is -0.123. The van der Waals surface area contributed by atoms with Gasteiger partial charge in [0.2, 0.25) is 5.91 Å². The normalized spacial score (nSPS) is 20.7. The summed E-state index contributed by atoms with van der Waals surface area (Å²) in [6, 6.07) is 9.41. The first-order chi connectivity index (χ1) is 10.9. The monoisotopic (exact) mass is 314 g/mol. The molecule has 1 aliphatic rings. The summed E-state index contributed by atoms with van der Waals surface area (Å²) >= 11 is 0. The predicted octanol–water partition coefficient (Wildman–Crippen LogP) is 1.42. The standard InChI is InChI=1S/C17H22N4O2/c1-12-14(19-16(23)17(2)9-10-18-11-17)15(22)21(20(12)3)13-7-5-4-6-8-13/h4-8,18H,9-11H2,1-3H3,(H,19,23). The van der Waals surface area contributed by atoms with Crippen LogP contribution in [0.15, 0.2) is 35.1 Å². The number of amides is 1. The molecule has 122 valence electrons. The van der Waals surface area contributed by atoms with Crippen molar-refractivity contribution < 1.29 is 4.79 Å². The van der Waals surface area contributed by atoms with E-state index in [1.54, 1.807) is 9.36 Å². The molecule has 0 radical (unpaired) electrons. The molecular weight excluding hydrogens is 292 g/mol. The quantitative estimate of drug-likeness (QED) is 0.900. The van der Waals surface area contributed by atoms with Crippen molar-refractivity contribution in [3.63, 3.8) is 0 Å². The van der Waals surface area contributed by atoms with Gasteiger partial charge in [-0.3, -0.25) is 14.3 Å². The average Bonchev–Trinajstić information content (AvgIpc) is 3.07. The highest BCUT2D eigenvalue weighted by Gasteiger charge is 2.37. The van der Waals surface area contributed by atoms with Crippen molar-refractivity contribution in [3.8, 4) is 5.69 Å². The molecular formula is C17H22N4O2. The third kappa shape index (κ3) is 2.59. The molecule has 2 N–H and O–H groups in total. The van der Waals surface area contributed by atoms with E-state index >= 15 is 0 Å². The number of para-hydroxylation sites is 1. The van der Waals surface area contributed by atoms with Gasteiger partial charge in [0.05, 0.1) is 16.8 Å². The molecule has 1 aromatic heterocycles. The molecule has 1 fully saturated rings. The molecule has 1 unspecified atom stereocenters. The Hall–Kier alpha value is -2.34. The van der Waals surface area contributed by atoms with Crippen LogP contribution in [-0.4, -0.2) is 28.4 Å². The summed E-state index contributed by atoms with van der Waals surface area (Å²) in [5, 5.41) is 6.06. The van der Waals surface area contributed by atoms with Crippen molar-refractivity contribution in [1.82, 2.24) is 14.7 Å².